The summed E-state index contributed by atoms with van der Waals surface area (Å²) >= 11 is 0. The summed E-state index contributed by atoms with van der Waals surface area (Å²) in [6.07, 6.45) is 0. The highest BCUT2D eigenvalue weighted by Gasteiger charge is 2.12. The van der Waals surface area contributed by atoms with Gasteiger partial charge in [0.05, 0.1) is 12.3 Å². The predicted octanol–water partition coefficient (Wildman–Crippen LogP) is 3.01. The number of nitrogens with one attached hydrogen (secondary N) is 1. The molecule has 0 saturated heterocycles. The minimum atomic E-state index is -0.748. The van der Waals surface area contributed by atoms with Crippen LogP contribution in [0.5, 0.6) is 5.75 Å². The molecule has 1 aromatic carbocycles. The first-order valence-corrected chi connectivity index (χ1v) is 5.96. The Kier molecular flexibility index (Phi) is 4.24. The molecule has 2 aromatic rings. The van der Waals surface area contributed by atoms with Gasteiger partial charge in [-0.3, -0.25) is 4.79 Å². The van der Waals surface area contributed by atoms with Gasteiger partial charge in [0.15, 0.2) is 0 Å². The van der Waals surface area contributed by atoms with E-state index in [1.165, 1.54) is 24.3 Å². The van der Waals surface area contributed by atoms with Crippen LogP contribution in [-0.2, 0) is 0 Å². The van der Waals surface area contributed by atoms with E-state index >= 15 is 0 Å². The molecule has 4 nitrogen and oxygen atoms in total. The van der Waals surface area contributed by atoms with Crippen molar-refractivity contribution < 1.29 is 18.3 Å². The number of rotatable bonds is 4. The fourth-order valence-electron chi connectivity index (χ4n) is 1.60. The maximum atomic E-state index is 13.1. The molecule has 0 spiro atoms. The molecular weight excluding hydrogens is 266 g/mol. The molecule has 1 N–H and O–H groups in total. The molecule has 0 aliphatic heterocycles. The lowest BCUT2D eigenvalue weighted by Crippen LogP contribution is -2.15. The largest absolute Gasteiger partial charge is 0.492 e. The second kappa shape index (κ2) is 6.10. The molecule has 0 fully saturated rings. The van der Waals surface area contributed by atoms with E-state index in [2.05, 4.69) is 10.3 Å². The summed E-state index contributed by atoms with van der Waals surface area (Å²) in [7, 11) is 0. The summed E-state index contributed by atoms with van der Waals surface area (Å²) in [6.45, 7) is 2.06. The lowest BCUT2D eigenvalue weighted by Gasteiger charge is -2.11. The van der Waals surface area contributed by atoms with Gasteiger partial charge in [0.25, 0.3) is 5.91 Å². The van der Waals surface area contributed by atoms with E-state index in [9.17, 15) is 13.6 Å². The zero-order valence-corrected chi connectivity index (χ0v) is 10.7. The van der Waals surface area contributed by atoms with Crippen molar-refractivity contribution in [2.45, 2.75) is 6.92 Å². The SMILES string of the molecule is CCOc1cc(F)ccc1NC(=O)c1cccc(F)n1. The van der Waals surface area contributed by atoms with Gasteiger partial charge >= 0.3 is 0 Å². The van der Waals surface area contributed by atoms with Gasteiger partial charge in [-0.2, -0.15) is 4.39 Å². The number of pyridine rings is 1. The normalized spacial score (nSPS) is 10.2. The van der Waals surface area contributed by atoms with E-state index in [0.29, 0.717) is 12.3 Å². The molecule has 6 heteroatoms. The Morgan fingerprint density at radius 2 is 2.10 bits per heavy atom. The number of nitrogens with zero attached hydrogens (tertiary/aromatic N) is 1. The minimum absolute atomic E-state index is 0.0724. The highest BCUT2D eigenvalue weighted by molar-refractivity contribution is 6.03. The average molecular weight is 278 g/mol. The first-order valence-electron chi connectivity index (χ1n) is 5.96. The fraction of sp³-hybridized carbons (Fsp3) is 0.143. The van der Waals surface area contributed by atoms with Gasteiger partial charge in [0.2, 0.25) is 5.95 Å². The van der Waals surface area contributed by atoms with Crippen LogP contribution in [0.15, 0.2) is 36.4 Å². The molecule has 1 aromatic heterocycles. The third-order valence-corrected chi connectivity index (χ3v) is 2.44. The minimum Gasteiger partial charge on any atom is -0.492 e. The van der Waals surface area contributed by atoms with Crippen LogP contribution in [0.1, 0.15) is 17.4 Å². The van der Waals surface area contributed by atoms with Gasteiger partial charge in [-0.25, -0.2) is 9.37 Å². The van der Waals surface area contributed by atoms with Crippen molar-refractivity contribution in [2.75, 3.05) is 11.9 Å². The molecule has 1 heterocycles. The maximum Gasteiger partial charge on any atom is 0.274 e. The van der Waals surface area contributed by atoms with E-state index in [1.54, 1.807) is 6.92 Å². The highest BCUT2D eigenvalue weighted by Crippen LogP contribution is 2.25. The highest BCUT2D eigenvalue weighted by atomic mass is 19.1. The Bertz CT molecular complexity index is 632. The zero-order chi connectivity index (χ0) is 14.5. The van der Waals surface area contributed by atoms with Gasteiger partial charge in [-0.05, 0) is 31.2 Å². The number of benzene rings is 1. The van der Waals surface area contributed by atoms with Crippen LogP contribution in [0, 0.1) is 11.8 Å². The molecular formula is C14H12F2N2O2. The molecule has 0 aliphatic rings. The fourth-order valence-corrected chi connectivity index (χ4v) is 1.60. The number of halogens is 2. The van der Waals surface area contributed by atoms with Crippen molar-refractivity contribution in [1.29, 1.82) is 0 Å². The molecule has 1 amide bonds. The zero-order valence-electron chi connectivity index (χ0n) is 10.7. The summed E-state index contributed by atoms with van der Waals surface area (Å²) in [5.41, 5.74) is 0.223. The summed E-state index contributed by atoms with van der Waals surface area (Å²) in [6, 6.07) is 7.63. The Morgan fingerprint density at radius 3 is 2.80 bits per heavy atom. The molecule has 20 heavy (non-hydrogen) atoms. The number of amides is 1. The van der Waals surface area contributed by atoms with Crippen molar-refractivity contribution in [1.82, 2.24) is 4.98 Å². The second-order valence-electron chi connectivity index (χ2n) is 3.87. The summed E-state index contributed by atoms with van der Waals surface area (Å²) in [5, 5.41) is 2.51. The van der Waals surface area contributed by atoms with E-state index in [-0.39, 0.29) is 11.4 Å². The van der Waals surface area contributed by atoms with Gasteiger partial charge in [0, 0.05) is 6.07 Å². The number of anilines is 1. The van der Waals surface area contributed by atoms with Gasteiger partial charge in [0.1, 0.15) is 17.3 Å². The van der Waals surface area contributed by atoms with E-state index < -0.39 is 17.7 Å². The quantitative estimate of drug-likeness (QED) is 0.875. The molecule has 0 atom stereocenters. The molecule has 0 unspecified atom stereocenters. The number of carbonyl (C=O) groups is 1. The molecule has 104 valence electrons. The molecule has 0 bridgehead atoms. The Balaban J connectivity index is 2.23. The van der Waals surface area contributed by atoms with Gasteiger partial charge in [-0.1, -0.05) is 6.07 Å². The first kappa shape index (κ1) is 13.9. The Labute approximate surface area is 114 Å². The number of aromatic nitrogens is 1. The standard InChI is InChI=1S/C14H12F2N2O2/c1-2-20-12-8-9(15)6-7-10(12)18-14(19)11-4-3-5-13(16)17-11/h3-8H,2H2,1H3,(H,18,19). The lowest BCUT2D eigenvalue weighted by atomic mass is 10.2. The van der Waals surface area contributed by atoms with Crippen LogP contribution in [0.25, 0.3) is 0 Å². The topological polar surface area (TPSA) is 51.2 Å². The summed E-state index contributed by atoms with van der Waals surface area (Å²) in [5.74, 6) is -1.62. The monoisotopic (exact) mass is 278 g/mol. The smallest absolute Gasteiger partial charge is 0.274 e. The maximum absolute atomic E-state index is 13.1. The van der Waals surface area contributed by atoms with Crippen molar-refractivity contribution in [3.63, 3.8) is 0 Å². The van der Waals surface area contributed by atoms with Crippen LogP contribution in [0.3, 0.4) is 0 Å². The third-order valence-electron chi connectivity index (χ3n) is 2.44. The van der Waals surface area contributed by atoms with Gasteiger partial charge in [-0.15, -0.1) is 0 Å². The van der Waals surface area contributed by atoms with Crippen LogP contribution < -0.4 is 10.1 Å². The summed E-state index contributed by atoms with van der Waals surface area (Å²) < 4.78 is 31.3. The predicted molar refractivity (Wildman–Crippen MR) is 69.7 cm³/mol. The number of hydrogen-bond acceptors (Lipinski definition) is 3. The Hall–Kier alpha value is -2.50. The van der Waals surface area contributed by atoms with Crippen LogP contribution in [0.4, 0.5) is 14.5 Å². The second-order valence-corrected chi connectivity index (χ2v) is 3.87. The average Bonchev–Trinajstić information content (AvgIpc) is 2.42. The van der Waals surface area contributed by atoms with Crippen LogP contribution >= 0.6 is 0 Å². The van der Waals surface area contributed by atoms with Crippen LogP contribution in [-0.4, -0.2) is 17.5 Å². The van der Waals surface area contributed by atoms with E-state index in [4.69, 9.17) is 4.74 Å². The molecule has 2 rings (SSSR count). The third kappa shape index (κ3) is 3.28. The number of carbonyl (C=O) groups excluding carboxylic acids is 1. The molecule has 0 saturated carbocycles. The first-order chi connectivity index (χ1) is 9.60. The van der Waals surface area contributed by atoms with Crippen molar-refractivity contribution in [2.24, 2.45) is 0 Å². The summed E-state index contributed by atoms with van der Waals surface area (Å²) in [4.78, 5) is 15.4. The van der Waals surface area contributed by atoms with Crippen molar-refractivity contribution in [3.05, 3.63) is 53.9 Å². The van der Waals surface area contributed by atoms with E-state index in [1.807, 2.05) is 0 Å². The lowest BCUT2D eigenvalue weighted by molar-refractivity contribution is 0.102. The van der Waals surface area contributed by atoms with Crippen molar-refractivity contribution >= 4 is 11.6 Å². The molecule has 0 radical (unpaired) electrons. The van der Waals surface area contributed by atoms with Gasteiger partial charge < -0.3 is 10.1 Å². The number of hydrogen-bond donors (Lipinski definition) is 1. The van der Waals surface area contributed by atoms with Crippen LogP contribution in [0.2, 0.25) is 0 Å². The van der Waals surface area contributed by atoms with Crippen molar-refractivity contribution in [3.8, 4) is 5.75 Å². The molecule has 0 aliphatic carbocycles. The number of ether oxygens (including phenoxy) is 1. The Morgan fingerprint density at radius 1 is 1.30 bits per heavy atom. The van der Waals surface area contributed by atoms with E-state index in [0.717, 1.165) is 12.1 Å².